The second-order valence-electron chi connectivity index (χ2n) is 4.85. The molecule has 2 aromatic rings. The van der Waals surface area contributed by atoms with E-state index >= 15 is 0 Å². The lowest BCUT2D eigenvalue weighted by Gasteiger charge is -2.15. The fourth-order valence-electron chi connectivity index (χ4n) is 1.79. The zero-order valence-corrected chi connectivity index (χ0v) is 12.5. The Kier molecular flexibility index (Phi) is 4.81. The first-order chi connectivity index (χ1) is 9.95. The molecule has 0 heterocycles. The summed E-state index contributed by atoms with van der Waals surface area (Å²) in [5.74, 6) is -0.668. The van der Waals surface area contributed by atoms with Gasteiger partial charge in [0.2, 0.25) is 5.91 Å². The fraction of sp³-hybridized carbons (Fsp3) is 0.188. The summed E-state index contributed by atoms with van der Waals surface area (Å²) in [5.41, 5.74) is 2.45. The number of halogens is 2. The summed E-state index contributed by atoms with van der Waals surface area (Å²) in [6.07, 6.45) is 0. The molecule has 110 valence electrons. The Balaban J connectivity index is 1.98. The van der Waals surface area contributed by atoms with Gasteiger partial charge in [-0.05, 0) is 44.2 Å². The average Bonchev–Trinajstić information content (AvgIpc) is 2.45. The van der Waals surface area contributed by atoms with Crippen LogP contribution in [0.3, 0.4) is 0 Å². The van der Waals surface area contributed by atoms with Crippen LogP contribution in [0.25, 0.3) is 0 Å². The first kappa shape index (κ1) is 15.3. The van der Waals surface area contributed by atoms with Gasteiger partial charge in [0.05, 0.1) is 5.02 Å². The van der Waals surface area contributed by atoms with Crippen molar-refractivity contribution in [2.75, 3.05) is 10.6 Å². The van der Waals surface area contributed by atoms with Crippen molar-refractivity contribution in [2.45, 2.75) is 19.9 Å². The summed E-state index contributed by atoms with van der Waals surface area (Å²) in [6.45, 7) is 3.70. The molecular formula is C16H16ClFN2O. The van der Waals surface area contributed by atoms with Crippen LogP contribution in [0, 0.1) is 12.7 Å². The number of rotatable bonds is 4. The van der Waals surface area contributed by atoms with Crippen LogP contribution in [0.4, 0.5) is 15.8 Å². The number of hydrogen-bond donors (Lipinski definition) is 2. The van der Waals surface area contributed by atoms with Gasteiger partial charge in [-0.1, -0.05) is 29.3 Å². The molecule has 2 N–H and O–H groups in total. The van der Waals surface area contributed by atoms with Gasteiger partial charge in [-0.3, -0.25) is 4.79 Å². The Bertz CT molecular complexity index is 643. The molecule has 0 aliphatic heterocycles. The summed E-state index contributed by atoms with van der Waals surface area (Å²) in [6, 6.07) is 11.3. The lowest BCUT2D eigenvalue weighted by atomic mass is 10.2. The number of aryl methyl sites for hydroxylation is 1. The van der Waals surface area contributed by atoms with Gasteiger partial charge in [-0.2, -0.15) is 0 Å². The molecule has 21 heavy (non-hydrogen) atoms. The van der Waals surface area contributed by atoms with E-state index in [0.717, 1.165) is 11.3 Å². The highest BCUT2D eigenvalue weighted by Crippen LogP contribution is 2.20. The molecule has 3 nitrogen and oxygen atoms in total. The van der Waals surface area contributed by atoms with E-state index in [9.17, 15) is 9.18 Å². The summed E-state index contributed by atoms with van der Waals surface area (Å²) in [5, 5.41) is 5.80. The third kappa shape index (κ3) is 4.20. The predicted molar refractivity (Wildman–Crippen MR) is 84.3 cm³/mol. The molecule has 1 atom stereocenters. The van der Waals surface area contributed by atoms with Gasteiger partial charge in [-0.25, -0.2) is 4.39 Å². The lowest BCUT2D eigenvalue weighted by Crippen LogP contribution is -2.31. The van der Waals surface area contributed by atoms with Gasteiger partial charge in [0, 0.05) is 11.4 Å². The largest absolute Gasteiger partial charge is 0.374 e. The van der Waals surface area contributed by atoms with Crippen LogP contribution in [0.5, 0.6) is 0 Å². The zero-order chi connectivity index (χ0) is 15.4. The number of anilines is 2. The van der Waals surface area contributed by atoms with E-state index in [4.69, 9.17) is 11.6 Å². The third-order valence-corrected chi connectivity index (χ3v) is 3.30. The molecule has 2 aromatic carbocycles. The summed E-state index contributed by atoms with van der Waals surface area (Å²) in [7, 11) is 0. The molecule has 1 amide bonds. The molecule has 0 spiro atoms. The first-order valence-electron chi connectivity index (χ1n) is 6.55. The van der Waals surface area contributed by atoms with Crippen molar-refractivity contribution in [3.8, 4) is 0 Å². The standard InChI is InChI=1S/C16H16ClFN2O/c1-10-3-5-12(6-4-10)20-16(21)11(2)19-13-7-8-15(18)14(17)9-13/h3-9,11,19H,1-2H3,(H,20,21)/t11-/m0/s1. The van der Waals surface area contributed by atoms with E-state index in [1.165, 1.54) is 18.2 Å². The van der Waals surface area contributed by atoms with Crippen molar-refractivity contribution in [2.24, 2.45) is 0 Å². The Morgan fingerprint density at radius 3 is 2.38 bits per heavy atom. The second-order valence-corrected chi connectivity index (χ2v) is 5.26. The number of carbonyl (C=O) groups is 1. The lowest BCUT2D eigenvalue weighted by molar-refractivity contribution is -0.116. The van der Waals surface area contributed by atoms with Crippen molar-refractivity contribution in [1.29, 1.82) is 0 Å². The summed E-state index contributed by atoms with van der Waals surface area (Å²) >= 11 is 5.71. The summed E-state index contributed by atoms with van der Waals surface area (Å²) < 4.78 is 13.1. The average molecular weight is 307 g/mol. The molecule has 0 saturated carbocycles. The van der Waals surface area contributed by atoms with Crippen LogP contribution in [0.15, 0.2) is 42.5 Å². The molecular weight excluding hydrogens is 291 g/mol. The van der Waals surface area contributed by atoms with Gasteiger partial charge in [-0.15, -0.1) is 0 Å². The molecule has 2 rings (SSSR count). The van der Waals surface area contributed by atoms with Crippen LogP contribution >= 0.6 is 11.6 Å². The van der Waals surface area contributed by atoms with E-state index in [0.29, 0.717) is 5.69 Å². The first-order valence-corrected chi connectivity index (χ1v) is 6.92. The van der Waals surface area contributed by atoms with Crippen molar-refractivity contribution in [3.05, 3.63) is 58.9 Å². The van der Waals surface area contributed by atoms with Crippen molar-refractivity contribution in [3.63, 3.8) is 0 Å². The zero-order valence-electron chi connectivity index (χ0n) is 11.8. The molecule has 0 saturated heterocycles. The number of benzene rings is 2. The maximum atomic E-state index is 13.1. The highest BCUT2D eigenvalue weighted by atomic mass is 35.5. The van der Waals surface area contributed by atoms with E-state index in [-0.39, 0.29) is 10.9 Å². The molecule has 0 fully saturated rings. The Morgan fingerprint density at radius 1 is 1.14 bits per heavy atom. The second kappa shape index (κ2) is 6.59. The molecule has 0 aliphatic rings. The van der Waals surface area contributed by atoms with E-state index in [2.05, 4.69) is 10.6 Å². The summed E-state index contributed by atoms with van der Waals surface area (Å²) in [4.78, 5) is 12.1. The monoisotopic (exact) mass is 306 g/mol. The van der Waals surface area contributed by atoms with E-state index in [1.807, 2.05) is 31.2 Å². The Hall–Kier alpha value is -2.07. The molecule has 0 radical (unpaired) electrons. The van der Waals surface area contributed by atoms with Gasteiger partial charge in [0.25, 0.3) is 0 Å². The SMILES string of the molecule is Cc1ccc(NC(=O)[C@H](C)Nc2ccc(F)c(Cl)c2)cc1. The van der Waals surface area contributed by atoms with E-state index < -0.39 is 11.9 Å². The quantitative estimate of drug-likeness (QED) is 0.887. The van der Waals surface area contributed by atoms with Crippen LogP contribution in [-0.2, 0) is 4.79 Å². The third-order valence-electron chi connectivity index (χ3n) is 3.02. The van der Waals surface area contributed by atoms with Crippen molar-refractivity contribution < 1.29 is 9.18 Å². The van der Waals surface area contributed by atoms with Gasteiger partial charge < -0.3 is 10.6 Å². The number of nitrogens with one attached hydrogen (secondary N) is 2. The number of amides is 1. The maximum absolute atomic E-state index is 13.1. The van der Waals surface area contributed by atoms with Crippen molar-refractivity contribution in [1.82, 2.24) is 0 Å². The molecule has 0 unspecified atom stereocenters. The fourth-order valence-corrected chi connectivity index (χ4v) is 1.97. The minimum atomic E-state index is -0.487. The Morgan fingerprint density at radius 2 is 1.76 bits per heavy atom. The molecule has 0 aromatic heterocycles. The van der Waals surface area contributed by atoms with Gasteiger partial charge in [0.15, 0.2) is 0 Å². The minimum absolute atomic E-state index is 0.0196. The topological polar surface area (TPSA) is 41.1 Å². The normalized spacial score (nSPS) is 11.8. The Labute approximate surface area is 128 Å². The van der Waals surface area contributed by atoms with Crippen molar-refractivity contribution >= 4 is 28.9 Å². The predicted octanol–water partition coefficient (Wildman–Crippen LogP) is 4.23. The maximum Gasteiger partial charge on any atom is 0.246 e. The minimum Gasteiger partial charge on any atom is -0.374 e. The van der Waals surface area contributed by atoms with Gasteiger partial charge >= 0.3 is 0 Å². The van der Waals surface area contributed by atoms with Crippen LogP contribution in [-0.4, -0.2) is 11.9 Å². The molecule has 0 bridgehead atoms. The number of carbonyl (C=O) groups excluding carboxylic acids is 1. The highest BCUT2D eigenvalue weighted by Gasteiger charge is 2.13. The van der Waals surface area contributed by atoms with E-state index in [1.54, 1.807) is 6.92 Å². The molecule has 5 heteroatoms. The van der Waals surface area contributed by atoms with Crippen LogP contribution in [0.1, 0.15) is 12.5 Å². The van der Waals surface area contributed by atoms with Crippen LogP contribution in [0.2, 0.25) is 5.02 Å². The smallest absolute Gasteiger partial charge is 0.246 e. The highest BCUT2D eigenvalue weighted by molar-refractivity contribution is 6.31. The van der Waals surface area contributed by atoms with Crippen LogP contribution < -0.4 is 10.6 Å². The number of hydrogen-bond acceptors (Lipinski definition) is 2. The van der Waals surface area contributed by atoms with Gasteiger partial charge in [0.1, 0.15) is 11.9 Å². The molecule has 0 aliphatic carbocycles.